The number of nitro groups is 1. The highest BCUT2D eigenvalue weighted by Crippen LogP contribution is 2.49. The van der Waals surface area contributed by atoms with Gasteiger partial charge in [-0.15, -0.1) is 0 Å². The van der Waals surface area contributed by atoms with E-state index in [9.17, 15) is 19.7 Å². The predicted molar refractivity (Wildman–Crippen MR) is 130 cm³/mol. The predicted octanol–water partition coefficient (Wildman–Crippen LogP) is 4.80. The average molecular weight is 465 g/mol. The molecule has 172 valence electrons. The van der Waals surface area contributed by atoms with E-state index in [0.29, 0.717) is 0 Å². The summed E-state index contributed by atoms with van der Waals surface area (Å²) in [6.07, 6.45) is -1.05. The molecule has 0 radical (unpaired) electrons. The third-order valence-electron chi connectivity index (χ3n) is 6.57. The molecule has 2 fully saturated rings. The van der Waals surface area contributed by atoms with Crippen LogP contribution in [-0.4, -0.2) is 22.8 Å². The van der Waals surface area contributed by atoms with E-state index in [1.807, 2.05) is 72.8 Å². The molecule has 2 heterocycles. The quantitative estimate of drug-likeness (QED) is 0.244. The van der Waals surface area contributed by atoms with Crippen LogP contribution in [0.15, 0.2) is 97.1 Å². The Bertz CT molecular complexity index is 1480. The maximum Gasteiger partial charge on any atom is 0.271 e. The third-order valence-corrected chi connectivity index (χ3v) is 6.57. The van der Waals surface area contributed by atoms with Gasteiger partial charge >= 0.3 is 0 Å². The molecule has 2 amide bonds. The van der Waals surface area contributed by atoms with Crippen LogP contribution in [0.3, 0.4) is 0 Å². The largest absolute Gasteiger partial charge is 0.273 e. The number of non-ortho nitro benzene ring substituents is 1. The van der Waals surface area contributed by atoms with Gasteiger partial charge in [0.25, 0.3) is 11.6 Å². The molecule has 4 aromatic rings. The first-order valence-corrected chi connectivity index (χ1v) is 11.2. The number of anilines is 2. The fraction of sp³-hybridized carbons (Fsp3) is 0.111. The number of carbonyl (C=O) groups is 2. The molecule has 4 aromatic carbocycles. The number of hydroxylamine groups is 1. The summed E-state index contributed by atoms with van der Waals surface area (Å²) in [5, 5.41) is 14.9. The minimum atomic E-state index is -1.05. The van der Waals surface area contributed by atoms with Gasteiger partial charge in [0.15, 0.2) is 6.10 Å². The summed E-state index contributed by atoms with van der Waals surface area (Å²) in [6.45, 7) is 0. The van der Waals surface area contributed by atoms with Gasteiger partial charge in [-0.05, 0) is 34.5 Å². The van der Waals surface area contributed by atoms with Crippen LogP contribution in [0.5, 0.6) is 0 Å². The zero-order valence-electron chi connectivity index (χ0n) is 18.4. The number of carbonyl (C=O) groups excluding carboxylic acids is 2. The topological polar surface area (TPSA) is 93.0 Å². The van der Waals surface area contributed by atoms with Crippen LogP contribution in [0.2, 0.25) is 0 Å². The molecule has 3 atom stereocenters. The maximum absolute atomic E-state index is 13.8. The van der Waals surface area contributed by atoms with Crippen LogP contribution in [-0.2, 0) is 14.4 Å². The summed E-state index contributed by atoms with van der Waals surface area (Å²) in [7, 11) is 0. The van der Waals surface area contributed by atoms with Crippen LogP contribution in [0.4, 0.5) is 17.1 Å². The molecule has 0 spiro atoms. The summed E-state index contributed by atoms with van der Waals surface area (Å²) < 4.78 is 0. The summed E-state index contributed by atoms with van der Waals surface area (Å²) in [5.74, 6) is -1.81. The lowest BCUT2D eigenvalue weighted by molar-refractivity contribution is -0.384. The SMILES string of the molecule is O=C1[C@@H]2[C@H](ON(c3ccccc3)[C@H]2c2cccc3ccccc23)C(=O)N1c1cccc([N+](=O)[O-])c1. The van der Waals surface area contributed by atoms with E-state index in [1.165, 1.54) is 24.3 Å². The fourth-order valence-corrected chi connectivity index (χ4v) is 5.04. The van der Waals surface area contributed by atoms with Gasteiger partial charge in [-0.3, -0.25) is 24.5 Å². The second kappa shape index (κ2) is 8.03. The summed E-state index contributed by atoms with van der Waals surface area (Å²) in [4.78, 5) is 45.2. The summed E-state index contributed by atoms with van der Waals surface area (Å²) in [5.41, 5.74) is 1.55. The molecule has 6 rings (SSSR count). The highest BCUT2D eigenvalue weighted by atomic mass is 16.7. The second-order valence-corrected chi connectivity index (χ2v) is 8.52. The Labute approximate surface area is 200 Å². The molecule has 2 aliphatic rings. The van der Waals surface area contributed by atoms with E-state index in [-0.39, 0.29) is 11.4 Å². The van der Waals surface area contributed by atoms with Crippen LogP contribution in [0.1, 0.15) is 11.6 Å². The van der Waals surface area contributed by atoms with Crippen molar-refractivity contribution in [3.05, 3.63) is 113 Å². The first kappa shape index (κ1) is 21.0. The Balaban J connectivity index is 1.49. The molecule has 2 aliphatic heterocycles. The normalized spacial score (nSPS) is 21.5. The van der Waals surface area contributed by atoms with Crippen molar-refractivity contribution >= 4 is 39.6 Å². The van der Waals surface area contributed by atoms with Crippen molar-refractivity contribution < 1.29 is 19.3 Å². The number of hydrogen-bond donors (Lipinski definition) is 0. The van der Waals surface area contributed by atoms with Gasteiger partial charge in [0.1, 0.15) is 5.92 Å². The molecule has 0 aromatic heterocycles. The number of rotatable bonds is 4. The molecule has 8 nitrogen and oxygen atoms in total. The van der Waals surface area contributed by atoms with Crippen molar-refractivity contribution in [1.82, 2.24) is 0 Å². The van der Waals surface area contributed by atoms with Gasteiger partial charge < -0.3 is 0 Å². The van der Waals surface area contributed by atoms with Gasteiger partial charge in [-0.1, -0.05) is 66.7 Å². The Morgan fingerprint density at radius 3 is 2.26 bits per heavy atom. The zero-order valence-corrected chi connectivity index (χ0v) is 18.4. The van der Waals surface area contributed by atoms with Crippen LogP contribution < -0.4 is 9.96 Å². The van der Waals surface area contributed by atoms with Crippen LogP contribution in [0, 0.1) is 16.0 Å². The van der Waals surface area contributed by atoms with Crippen molar-refractivity contribution in [1.29, 1.82) is 0 Å². The fourth-order valence-electron chi connectivity index (χ4n) is 5.04. The molecule has 8 heteroatoms. The molecule has 2 saturated heterocycles. The van der Waals surface area contributed by atoms with E-state index >= 15 is 0 Å². The second-order valence-electron chi connectivity index (χ2n) is 8.52. The molecular weight excluding hydrogens is 446 g/mol. The first-order valence-electron chi connectivity index (χ1n) is 11.2. The van der Waals surface area contributed by atoms with Gasteiger partial charge in [0, 0.05) is 12.1 Å². The number of amides is 2. The number of nitrogens with zero attached hydrogens (tertiary/aromatic N) is 3. The molecule has 0 aliphatic carbocycles. The van der Waals surface area contributed by atoms with Crippen molar-refractivity contribution in [2.45, 2.75) is 12.1 Å². The summed E-state index contributed by atoms with van der Waals surface area (Å²) in [6, 6.07) is 28.0. The molecule has 0 N–H and O–H groups in total. The van der Waals surface area contributed by atoms with E-state index in [1.54, 1.807) is 5.06 Å². The number of para-hydroxylation sites is 1. The maximum atomic E-state index is 13.8. The summed E-state index contributed by atoms with van der Waals surface area (Å²) >= 11 is 0. The van der Waals surface area contributed by atoms with Crippen LogP contribution >= 0.6 is 0 Å². The van der Waals surface area contributed by atoms with E-state index in [0.717, 1.165) is 26.9 Å². The lowest BCUT2D eigenvalue weighted by Crippen LogP contribution is -2.37. The Hall–Kier alpha value is -4.56. The molecule has 0 saturated carbocycles. The Morgan fingerprint density at radius 1 is 0.771 bits per heavy atom. The lowest BCUT2D eigenvalue weighted by Gasteiger charge is -2.29. The van der Waals surface area contributed by atoms with Gasteiger partial charge in [0.2, 0.25) is 5.91 Å². The number of imide groups is 1. The van der Waals surface area contributed by atoms with Crippen molar-refractivity contribution in [3.8, 4) is 0 Å². The molecule has 0 unspecified atom stereocenters. The minimum absolute atomic E-state index is 0.162. The standard InChI is InChI=1S/C27H19N3O5/c31-26-23-24(22-15-6-9-17-8-4-5-14-21(17)22)29(18-10-2-1-3-11-18)35-25(23)27(32)28(26)19-12-7-13-20(16-19)30(33)34/h1-16,23-25H/t23-,24-,25-/m0/s1. The van der Waals surface area contributed by atoms with Gasteiger partial charge in [-0.2, -0.15) is 0 Å². The lowest BCUT2D eigenvalue weighted by atomic mass is 9.87. The molecular formula is C27H19N3O5. The smallest absolute Gasteiger partial charge is 0.271 e. The highest BCUT2D eigenvalue weighted by Gasteiger charge is 2.60. The minimum Gasteiger partial charge on any atom is -0.273 e. The van der Waals surface area contributed by atoms with Crippen molar-refractivity contribution in [2.24, 2.45) is 5.92 Å². The Kier molecular flexibility index (Phi) is 4.82. The molecule has 0 bridgehead atoms. The third kappa shape index (κ3) is 3.26. The number of benzene rings is 4. The van der Waals surface area contributed by atoms with Gasteiger partial charge in [-0.25, -0.2) is 9.96 Å². The monoisotopic (exact) mass is 465 g/mol. The van der Waals surface area contributed by atoms with E-state index < -0.39 is 34.8 Å². The number of fused-ring (bicyclic) bond motifs is 2. The Morgan fingerprint density at radius 2 is 1.46 bits per heavy atom. The van der Waals surface area contributed by atoms with Crippen molar-refractivity contribution in [3.63, 3.8) is 0 Å². The first-order chi connectivity index (χ1) is 17.0. The zero-order chi connectivity index (χ0) is 24.1. The number of nitro benzene ring substituents is 1. The molecule has 35 heavy (non-hydrogen) atoms. The number of hydrogen-bond acceptors (Lipinski definition) is 6. The van der Waals surface area contributed by atoms with Gasteiger partial charge in [0.05, 0.1) is 22.3 Å². The average Bonchev–Trinajstić information content (AvgIpc) is 3.40. The van der Waals surface area contributed by atoms with E-state index in [4.69, 9.17) is 4.84 Å². The van der Waals surface area contributed by atoms with Crippen LogP contribution in [0.25, 0.3) is 10.8 Å². The van der Waals surface area contributed by atoms with Crippen molar-refractivity contribution in [2.75, 3.05) is 9.96 Å². The highest BCUT2D eigenvalue weighted by molar-refractivity contribution is 6.24. The van der Waals surface area contributed by atoms with E-state index in [2.05, 4.69) is 0 Å².